The average molecular weight is 495 g/mol. The monoisotopic (exact) mass is 494 g/mol. The zero-order valence-corrected chi connectivity index (χ0v) is 21.2. The van der Waals surface area contributed by atoms with Gasteiger partial charge in [0.25, 0.3) is 0 Å². The fourth-order valence-corrected chi connectivity index (χ4v) is 8.37. The van der Waals surface area contributed by atoms with Crippen LogP contribution in [0, 0.1) is 34.5 Å². The third-order valence-electron chi connectivity index (χ3n) is 10.2. The van der Waals surface area contributed by atoms with Crippen LogP contribution in [-0.2, 0) is 38.0 Å². The Labute approximate surface area is 206 Å². The summed E-state index contributed by atoms with van der Waals surface area (Å²) in [5.41, 5.74) is -1.69. The number of hydrogen-bond donors (Lipinski definition) is 1. The molecule has 5 saturated heterocycles. The Morgan fingerprint density at radius 3 is 2.43 bits per heavy atom. The molecular weight excluding hydrogens is 456 g/mol. The van der Waals surface area contributed by atoms with Gasteiger partial charge in [-0.3, -0.25) is 9.59 Å². The van der Waals surface area contributed by atoms with E-state index in [1.165, 1.54) is 6.92 Å². The number of aliphatic hydroxyl groups is 1. The number of esters is 2. The Hall–Kier alpha value is -1.26. The first-order chi connectivity index (χ1) is 16.5. The van der Waals surface area contributed by atoms with Crippen molar-refractivity contribution in [1.29, 1.82) is 0 Å². The van der Waals surface area contributed by atoms with E-state index in [1.807, 2.05) is 0 Å². The molecule has 7 fully saturated rings. The topological polar surface area (TPSA) is 113 Å². The van der Waals surface area contributed by atoms with Crippen LogP contribution in [-0.4, -0.2) is 66.4 Å². The van der Waals surface area contributed by atoms with E-state index >= 15 is 0 Å². The molecule has 0 amide bonds. The Bertz CT molecular complexity index is 887. The average Bonchev–Trinajstić information content (AvgIpc) is 3.26. The van der Waals surface area contributed by atoms with Crippen molar-refractivity contribution in [2.45, 2.75) is 110 Å². The first-order valence-electron chi connectivity index (χ1n) is 13.2. The van der Waals surface area contributed by atoms with Gasteiger partial charge in [-0.2, -0.15) is 0 Å². The second kappa shape index (κ2) is 7.87. The fourth-order valence-electron chi connectivity index (χ4n) is 8.37. The molecule has 5 heterocycles. The van der Waals surface area contributed by atoms with Gasteiger partial charge in [0.2, 0.25) is 6.29 Å². The zero-order valence-electron chi connectivity index (χ0n) is 21.2. The maximum absolute atomic E-state index is 12.8. The van der Waals surface area contributed by atoms with Crippen molar-refractivity contribution in [1.82, 2.24) is 0 Å². The van der Waals surface area contributed by atoms with Gasteiger partial charge >= 0.3 is 11.9 Å². The van der Waals surface area contributed by atoms with Crippen molar-refractivity contribution in [3.05, 3.63) is 0 Å². The van der Waals surface area contributed by atoms with E-state index in [4.69, 9.17) is 28.4 Å². The lowest BCUT2D eigenvalue weighted by Crippen LogP contribution is -2.77. The van der Waals surface area contributed by atoms with E-state index in [9.17, 15) is 14.7 Å². The number of ether oxygens (including phenoxy) is 6. The summed E-state index contributed by atoms with van der Waals surface area (Å²) in [6.45, 7) is 10.0. The minimum atomic E-state index is -0.854. The maximum Gasteiger partial charge on any atom is 0.310 e. The molecule has 2 spiro atoms. The molecule has 0 aromatic rings. The summed E-state index contributed by atoms with van der Waals surface area (Å²) in [5, 5.41) is 9.95. The van der Waals surface area contributed by atoms with Crippen LogP contribution in [0.4, 0.5) is 0 Å². The van der Waals surface area contributed by atoms with E-state index in [1.54, 1.807) is 13.8 Å². The zero-order chi connectivity index (χ0) is 24.9. The molecule has 196 valence electrons. The lowest BCUT2D eigenvalue weighted by Gasteiger charge is -2.69. The van der Waals surface area contributed by atoms with Gasteiger partial charge in [-0.05, 0) is 31.1 Å². The lowest BCUT2D eigenvalue weighted by atomic mass is 9.40. The standard InChI is InChI=1S/C26H38O9/c1-12(2)21(29)35-23-26-17(9-16(32-23)10-25(26)11-30-25)24(5,13(3)6-19(26)31-14(4)27)18-7-15-8-20(28)34-22(15)33-18/h12-13,15-20,22-23,28H,6-11H2,1-5H3/t13-,15+,16-,17-,18+,19+,20-,22-,23-,24+,25+,26+/m1/s1. The Morgan fingerprint density at radius 1 is 1.06 bits per heavy atom. The molecule has 1 N–H and O–H groups in total. The van der Waals surface area contributed by atoms with Crippen LogP contribution in [0.5, 0.6) is 0 Å². The number of epoxide rings is 1. The van der Waals surface area contributed by atoms with Gasteiger partial charge in [-0.1, -0.05) is 27.7 Å². The maximum atomic E-state index is 12.8. The van der Waals surface area contributed by atoms with Crippen LogP contribution < -0.4 is 0 Å². The highest BCUT2D eigenvalue weighted by atomic mass is 16.7. The molecule has 5 aliphatic heterocycles. The predicted molar refractivity (Wildman–Crippen MR) is 119 cm³/mol. The molecule has 0 aromatic carbocycles. The number of carbonyl (C=O) groups excluding carboxylic acids is 2. The quantitative estimate of drug-likeness (QED) is 0.465. The Balaban J connectivity index is 1.44. The smallest absolute Gasteiger partial charge is 0.310 e. The molecule has 9 nitrogen and oxygen atoms in total. The number of aliphatic hydroxyl groups excluding tert-OH is 1. The van der Waals surface area contributed by atoms with Gasteiger partial charge in [0.15, 0.2) is 12.6 Å². The largest absolute Gasteiger partial charge is 0.462 e. The molecule has 35 heavy (non-hydrogen) atoms. The van der Waals surface area contributed by atoms with Crippen molar-refractivity contribution in [2.24, 2.45) is 34.5 Å². The molecule has 9 heteroatoms. The minimum absolute atomic E-state index is 0.0168. The number of carbonyl (C=O) groups is 2. The summed E-state index contributed by atoms with van der Waals surface area (Å²) >= 11 is 0. The molecular formula is C26H38O9. The van der Waals surface area contributed by atoms with Gasteiger partial charge in [0.05, 0.1) is 24.7 Å². The molecule has 0 unspecified atom stereocenters. The highest BCUT2D eigenvalue weighted by Gasteiger charge is 2.83. The minimum Gasteiger partial charge on any atom is -0.462 e. The molecule has 2 saturated carbocycles. The van der Waals surface area contributed by atoms with Crippen LogP contribution in [0.2, 0.25) is 0 Å². The summed E-state index contributed by atoms with van der Waals surface area (Å²) < 4.78 is 36.9. The SMILES string of the molecule is CC(=O)O[C@H]1C[C@@H](C)[C@](C)([C@@H]2C[C@H]3C[C@H](O)O[C@H]3O2)[C@H]2C[C@@H]3C[C@]4(CO4)[C@]12[C@@H](OC(=O)C(C)C)O3. The van der Waals surface area contributed by atoms with E-state index in [0.717, 1.165) is 12.8 Å². The summed E-state index contributed by atoms with van der Waals surface area (Å²) in [4.78, 5) is 25.2. The highest BCUT2D eigenvalue weighted by Crippen LogP contribution is 2.74. The molecule has 2 bridgehead atoms. The summed E-state index contributed by atoms with van der Waals surface area (Å²) in [7, 11) is 0. The molecule has 0 radical (unpaired) electrons. The van der Waals surface area contributed by atoms with Crippen LogP contribution >= 0.6 is 0 Å². The van der Waals surface area contributed by atoms with Crippen molar-refractivity contribution < 1.29 is 43.1 Å². The van der Waals surface area contributed by atoms with Gasteiger partial charge in [0, 0.05) is 31.1 Å². The highest BCUT2D eigenvalue weighted by molar-refractivity contribution is 5.71. The Kier molecular flexibility index (Phi) is 5.42. The molecule has 0 aromatic heterocycles. The molecule has 7 aliphatic rings. The van der Waals surface area contributed by atoms with Crippen molar-refractivity contribution >= 4 is 11.9 Å². The van der Waals surface area contributed by atoms with Crippen molar-refractivity contribution in [2.75, 3.05) is 6.61 Å². The summed E-state index contributed by atoms with van der Waals surface area (Å²) in [6, 6.07) is 0. The second-order valence-corrected chi connectivity index (χ2v) is 12.3. The third kappa shape index (κ3) is 3.24. The number of fused-ring (bicyclic) bond motifs is 2. The van der Waals surface area contributed by atoms with Gasteiger partial charge in [0.1, 0.15) is 17.1 Å². The molecule has 12 atom stereocenters. The van der Waals surface area contributed by atoms with E-state index < -0.39 is 36.0 Å². The van der Waals surface area contributed by atoms with Crippen LogP contribution in [0.3, 0.4) is 0 Å². The third-order valence-corrected chi connectivity index (χ3v) is 10.2. The van der Waals surface area contributed by atoms with E-state index in [-0.39, 0.29) is 53.2 Å². The first kappa shape index (κ1) is 24.1. The summed E-state index contributed by atoms with van der Waals surface area (Å²) in [6.07, 6.45) is 0.684. The number of hydrogen-bond acceptors (Lipinski definition) is 9. The van der Waals surface area contributed by atoms with Crippen LogP contribution in [0.15, 0.2) is 0 Å². The van der Waals surface area contributed by atoms with Crippen LogP contribution in [0.1, 0.15) is 66.7 Å². The first-order valence-corrected chi connectivity index (χ1v) is 13.2. The predicted octanol–water partition coefficient (Wildman–Crippen LogP) is 2.52. The van der Waals surface area contributed by atoms with Gasteiger partial charge < -0.3 is 33.5 Å². The number of rotatable bonds is 4. The van der Waals surface area contributed by atoms with Crippen molar-refractivity contribution in [3.63, 3.8) is 0 Å². The van der Waals surface area contributed by atoms with Crippen molar-refractivity contribution in [3.8, 4) is 0 Å². The van der Waals surface area contributed by atoms with Gasteiger partial charge in [-0.15, -0.1) is 0 Å². The molecule has 2 aliphatic carbocycles. The Morgan fingerprint density at radius 2 is 1.80 bits per heavy atom. The van der Waals surface area contributed by atoms with E-state index in [2.05, 4.69) is 13.8 Å². The van der Waals surface area contributed by atoms with Gasteiger partial charge in [-0.25, -0.2) is 0 Å². The summed E-state index contributed by atoms with van der Waals surface area (Å²) in [5.74, 6) is -0.705. The van der Waals surface area contributed by atoms with Crippen LogP contribution in [0.25, 0.3) is 0 Å². The van der Waals surface area contributed by atoms with E-state index in [0.29, 0.717) is 25.9 Å². The second-order valence-electron chi connectivity index (χ2n) is 12.3. The fraction of sp³-hybridized carbons (Fsp3) is 0.923. The molecule has 7 rings (SSSR count). The normalized spacial score (nSPS) is 54.0. The lowest BCUT2D eigenvalue weighted by molar-refractivity contribution is -0.377.